The zero-order valence-electron chi connectivity index (χ0n) is 8.85. The van der Waals surface area contributed by atoms with Crippen LogP contribution in [0.2, 0.25) is 0 Å². The Morgan fingerprint density at radius 3 is 2.80 bits per heavy atom. The van der Waals surface area contributed by atoms with E-state index in [0.717, 1.165) is 39.0 Å². The molecular weight excluding hydrogens is 194 g/mol. The van der Waals surface area contributed by atoms with Gasteiger partial charge >= 0.3 is 0 Å². The molecule has 84 valence electrons. The molecule has 15 heavy (non-hydrogen) atoms. The smallest absolute Gasteiger partial charge is 0.222 e. The van der Waals surface area contributed by atoms with Crippen molar-refractivity contribution in [1.29, 1.82) is 0 Å². The maximum absolute atomic E-state index is 11.6. The van der Waals surface area contributed by atoms with Crippen LogP contribution >= 0.6 is 0 Å². The molecule has 1 rings (SSSR count). The zero-order valence-corrected chi connectivity index (χ0v) is 8.85. The van der Waals surface area contributed by atoms with Crippen LogP contribution in [0.1, 0.15) is 19.3 Å². The van der Waals surface area contributed by atoms with Gasteiger partial charge in [-0.15, -0.1) is 0 Å². The van der Waals surface area contributed by atoms with Crippen LogP contribution in [0.4, 0.5) is 0 Å². The Morgan fingerprint density at radius 1 is 1.40 bits per heavy atom. The molecule has 1 amide bonds. The van der Waals surface area contributed by atoms with Crippen molar-refractivity contribution in [2.45, 2.75) is 19.3 Å². The highest BCUT2D eigenvalue weighted by Crippen LogP contribution is 2.02. The molecule has 1 aliphatic heterocycles. The molecule has 6 heteroatoms. The molecule has 1 saturated heterocycles. The number of nitrogens with one attached hydrogen (secondary N) is 1. The lowest BCUT2D eigenvalue weighted by Crippen LogP contribution is -2.46. The van der Waals surface area contributed by atoms with Gasteiger partial charge in [-0.1, -0.05) is 5.11 Å². The second-order valence-corrected chi connectivity index (χ2v) is 3.54. The first-order chi connectivity index (χ1) is 7.34. The van der Waals surface area contributed by atoms with Gasteiger partial charge < -0.3 is 10.2 Å². The molecule has 0 aromatic rings. The van der Waals surface area contributed by atoms with Gasteiger partial charge in [-0.3, -0.25) is 4.79 Å². The second-order valence-electron chi connectivity index (χ2n) is 3.54. The second kappa shape index (κ2) is 7.09. The summed E-state index contributed by atoms with van der Waals surface area (Å²) < 4.78 is 0. The molecule has 0 aromatic heterocycles. The molecule has 0 atom stereocenters. The van der Waals surface area contributed by atoms with Crippen LogP contribution in [0.15, 0.2) is 5.11 Å². The molecule has 0 aliphatic carbocycles. The molecule has 0 aromatic carbocycles. The van der Waals surface area contributed by atoms with Gasteiger partial charge in [0.2, 0.25) is 5.91 Å². The van der Waals surface area contributed by atoms with Crippen LogP contribution in [-0.4, -0.2) is 43.5 Å². The van der Waals surface area contributed by atoms with Crippen LogP contribution in [0.25, 0.3) is 10.4 Å². The van der Waals surface area contributed by atoms with Gasteiger partial charge in [0.15, 0.2) is 0 Å². The van der Waals surface area contributed by atoms with E-state index in [4.69, 9.17) is 5.53 Å². The summed E-state index contributed by atoms with van der Waals surface area (Å²) in [5.41, 5.74) is 8.05. The van der Waals surface area contributed by atoms with Crippen molar-refractivity contribution < 1.29 is 4.79 Å². The Morgan fingerprint density at radius 2 is 2.13 bits per heavy atom. The topological polar surface area (TPSA) is 81.1 Å². The minimum Gasteiger partial charge on any atom is -0.340 e. The number of amides is 1. The van der Waals surface area contributed by atoms with Crippen LogP contribution < -0.4 is 5.32 Å². The monoisotopic (exact) mass is 211 g/mol. The predicted molar refractivity (Wildman–Crippen MR) is 57.3 cm³/mol. The van der Waals surface area contributed by atoms with Crippen LogP contribution in [0.3, 0.4) is 0 Å². The lowest BCUT2D eigenvalue weighted by Gasteiger charge is -2.27. The van der Waals surface area contributed by atoms with Crippen molar-refractivity contribution in [3.8, 4) is 0 Å². The first-order valence-corrected chi connectivity index (χ1v) is 5.34. The van der Waals surface area contributed by atoms with Gasteiger partial charge in [0.25, 0.3) is 0 Å². The SMILES string of the molecule is [N-]=[N+]=NCCCCC(=O)N1CCNCC1. The van der Waals surface area contributed by atoms with Gasteiger partial charge in [-0.05, 0) is 18.4 Å². The quantitative estimate of drug-likeness (QED) is 0.317. The third-order valence-corrected chi connectivity index (χ3v) is 2.43. The van der Waals surface area contributed by atoms with Crippen molar-refractivity contribution >= 4 is 5.91 Å². The molecule has 0 unspecified atom stereocenters. The fraction of sp³-hybridized carbons (Fsp3) is 0.889. The number of nitrogens with zero attached hydrogens (tertiary/aromatic N) is 4. The lowest BCUT2D eigenvalue weighted by atomic mass is 10.2. The number of hydrogen-bond acceptors (Lipinski definition) is 3. The van der Waals surface area contributed by atoms with E-state index in [1.54, 1.807) is 0 Å². The molecule has 0 spiro atoms. The summed E-state index contributed by atoms with van der Waals surface area (Å²) in [4.78, 5) is 16.2. The Balaban J connectivity index is 2.09. The first kappa shape index (κ1) is 11.8. The zero-order chi connectivity index (χ0) is 10.9. The summed E-state index contributed by atoms with van der Waals surface area (Å²) in [6, 6.07) is 0. The number of unbranched alkanes of at least 4 members (excludes halogenated alkanes) is 1. The van der Waals surface area contributed by atoms with E-state index in [2.05, 4.69) is 15.3 Å². The van der Waals surface area contributed by atoms with Gasteiger partial charge in [0.1, 0.15) is 0 Å². The third-order valence-electron chi connectivity index (χ3n) is 2.43. The Labute approximate surface area is 89.3 Å². The maximum atomic E-state index is 11.6. The summed E-state index contributed by atoms with van der Waals surface area (Å²) in [5, 5.41) is 6.63. The lowest BCUT2D eigenvalue weighted by molar-refractivity contribution is -0.131. The van der Waals surface area contributed by atoms with E-state index >= 15 is 0 Å². The summed E-state index contributed by atoms with van der Waals surface area (Å²) >= 11 is 0. The predicted octanol–water partition coefficient (Wildman–Crippen LogP) is 0.899. The molecule has 0 saturated carbocycles. The minimum atomic E-state index is 0.220. The Hall–Kier alpha value is -1.26. The van der Waals surface area contributed by atoms with Crippen molar-refractivity contribution in [2.24, 2.45) is 5.11 Å². The van der Waals surface area contributed by atoms with E-state index in [0.29, 0.717) is 13.0 Å². The average molecular weight is 211 g/mol. The third kappa shape index (κ3) is 4.67. The number of carbonyl (C=O) groups is 1. The van der Waals surface area contributed by atoms with Crippen LogP contribution in [-0.2, 0) is 4.79 Å². The standard InChI is InChI=1S/C9H17N5O/c10-13-12-4-2-1-3-9(15)14-7-5-11-6-8-14/h11H,1-8H2. The number of carbonyl (C=O) groups excluding carboxylic acids is 1. The molecule has 0 bridgehead atoms. The Bertz CT molecular complexity index is 243. The Kier molecular flexibility index (Phi) is 5.58. The van der Waals surface area contributed by atoms with Gasteiger partial charge in [0, 0.05) is 44.1 Å². The number of hydrogen-bond donors (Lipinski definition) is 1. The first-order valence-electron chi connectivity index (χ1n) is 5.34. The van der Waals surface area contributed by atoms with Crippen LogP contribution in [0.5, 0.6) is 0 Å². The minimum absolute atomic E-state index is 0.220. The van der Waals surface area contributed by atoms with E-state index < -0.39 is 0 Å². The maximum Gasteiger partial charge on any atom is 0.222 e. The number of rotatable bonds is 5. The van der Waals surface area contributed by atoms with Gasteiger partial charge in [-0.2, -0.15) is 0 Å². The van der Waals surface area contributed by atoms with Gasteiger partial charge in [-0.25, -0.2) is 0 Å². The van der Waals surface area contributed by atoms with Crippen molar-refractivity contribution in [2.75, 3.05) is 32.7 Å². The summed E-state index contributed by atoms with van der Waals surface area (Å²) in [6.45, 7) is 3.91. The molecule has 0 radical (unpaired) electrons. The summed E-state index contributed by atoms with van der Waals surface area (Å²) in [5.74, 6) is 0.220. The molecular formula is C9H17N5O. The summed E-state index contributed by atoms with van der Waals surface area (Å²) in [7, 11) is 0. The molecule has 1 heterocycles. The van der Waals surface area contributed by atoms with E-state index in [-0.39, 0.29) is 5.91 Å². The average Bonchev–Trinajstić information content (AvgIpc) is 2.30. The van der Waals surface area contributed by atoms with Gasteiger partial charge in [0.05, 0.1) is 0 Å². The highest BCUT2D eigenvalue weighted by molar-refractivity contribution is 5.76. The fourth-order valence-corrected chi connectivity index (χ4v) is 1.58. The normalized spacial score (nSPS) is 15.9. The molecule has 6 nitrogen and oxygen atoms in total. The molecule has 1 N–H and O–H groups in total. The van der Waals surface area contributed by atoms with E-state index in [1.165, 1.54) is 0 Å². The van der Waals surface area contributed by atoms with Crippen molar-refractivity contribution in [1.82, 2.24) is 10.2 Å². The number of azide groups is 1. The van der Waals surface area contributed by atoms with E-state index in [9.17, 15) is 4.79 Å². The number of piperazine rings is 1. The van der Waals surface area contributed by atoms with Crippen molar-refractivity contribution in [3.63, 3.8) is 0 Å². The van der Waals surface area contributed by atoms with Crippen molar-refractivity contribution in [3.05, 3.63) is 10.4 Å². The molecule has 1 fully saturated rings. The highest BCUT2D eigenvalue weighted by Gasteiger charge is 2.14. The summed E-state index contributed by atoms with van der Waals surface area (Å²) in [6.07, 6.45) is 2.17. The fourth-order valence-electron chi connectivity index (χ4n) is 1.58. The largest absolute Gasteiger partial charge is 0.340 e. The highest BCUT2D eigenvalue weighted by atomic mass is 16.2. The molecule has 1 aliphatic rings. The van der Waals surface area contributed by atoms with Crippen LogP contribution in [0, 0.1) is 0 Å². The van der Waals surface area contributed by atoms with E-state index in [1.807, 2.05) is 4.90 Å².